The molecule has 1 heterocycles. The molecule has 1 aromatic heterocycles. The van der Waals surface area contributed by atoms with E-state index in [0.717, 1.165) is 43.4 Å². The average Bonchev–Trinajstić information content (AvgIpc) is 2.69. The van der Waals surface area contributed by atoms with Crippen molar-refractivity contribution in [2.75, 3.05) is 0 Å². The van der Waals surface area contributed by atoms with Gasteiger partial charge >= 0.3 is 0 Å². The van der Waals surface area contributed by atoms with Crippen molar-refractivity contribution in [3.63, 3.8) is 0 Å². The molecule has 110 valence electrons. The van der Waals surface area contributed by atoms with E-state index in [1.54, 1.807) is 6.07 Å². The van der Waals surface area contributed by atoms with Gasteiger partial charge in [-0.3, -0.25) is 9.59 Å². The third-order valence-electron chi connectivity index (χ3n) is 4.09. The van der Waals surface area contributed by atoms with Crippen LogP contribution < -0.4 is 11.1 Å². The Balaban J connectivity index is 2.14. The van der Waals surface area contributed by atoms with Gasteiger partial charge < -0.3 is 15.5 Å². The van der Waals surface area contributed by atoms with E-state index in [1.807, 2.05) is 13.8 Å². The number of amides is 2. The largest absolute Gasteiger partial charge is 0.456 e. The first-order valence-corrected chi connectivity index (χ1v) is 7.10. The van der Waals surface area contributed by atoms with E-state index < -0.39 is 5.54 Å². The van der Waals surface area contributed by atoms with Gasteiger partial charge in [0, 0.05) is 12.0 Å². The van der Waals surface area contributed by atoms with Gasteiger partial charge in [0.15, 0.2) is 5.76 Å². The lowest BCUT2D eigenvalue weighted by atomic mass is 9.79. The van der Waals surface area contributed by atoms with Crippen LogP contribution in [0.25, 0.3) is 0 Å². The van der Waals surface area contributed by atoms with Crippen LogP contribution in [0.2, 0.25) is 0 Å². The molecule has 2 rings (SSSR count). The number of primary amides is 1. The lowest BCUT2D eigenvalue weighted by molar-refractivity contribution is -0.119. The molecule has 0 radical (unpaired) electrons. The molecule has 2 amide bonds. The zero-order chi connectivity index (χ0) is 14.8. The van der Waals surface area contributed by atoms with Gasteiger partial charge in [-0.2, -0.15) is 0 Å². The van der Waals surface area contributed by atoms with Crippen molar-refractivity contribution in [2.24, 2.45) is 5.73 Å². The van der Waals surface area contributed by atoms with E-state index in [2.05, 4.69) is 5.32 Å². The van der Waals surface area contributed by atoms with Gasteiger partial charge in [0.25, 0.3) is 5.91 Å². The molecule has 1 saturated carbocycles. The highest BCUT2D eigenvalue weighted by Crippen LogP contribution is 2.31. The van der Waals surface area contributed by atoms with Gasteiger partial charge in [-0.05, 0) is 38.3 Å². The molecule has 5 heteroatoms. The fourth-order valence-electron chi connectivity index (χ4n) is 2.90. The van der Waals surface area contributed by atoms with Crippen molar-refractivity contribution >= 4 is 11.8 Å². The van der Waals surface area contributed by atoms with Crippen LogP contribution in [0.5, 0.6) is 0 Å². The van der Waals surface area contributed by atoms with Crippen molar-refractivity contribution in [1.29, 1.82) is 0 Å². The van der Waals surface area contributed by atoms with Crippen LogP contribution in [0.1, 0.15) is 60.4 Å². The summed E-state index contributed by atoms with van der Waals surface area (Å²) in [4.78, 5) is 23.6. The summed E-state index contributed by atoms with van der Waals surface area (Å²) in [5.74, 6) is 0.403. The fourth-order valence-corrected chi connectivity index (χ4v) is 2.90. The van der Waals surface area contributed by atoms with E-state index in [1.165, 1.54) is 0 Å². The first-order chi connectivity index (χ1) is 9.42. The maximum Gasteiger partial charge on any atom is 0.287 e. The second kappa shape index (κ2) is 5.69. The van der Waals surface area contributed by atoms with Crippen molar-refractivity contribution in [3.8, 4) is 0 Å². The van der Waals surface area contributed by atoms with Gasteiger partial charge in [0.05, 0.1) is 0 Å². The van der Waals surface area contributed by atoms with E-state index >= 15 is 0 Å². The minimum Gasteiger partial charge on any atom is -0.456 e. The number of aryl methyl sites for hydroxylation is 2. The van der Waals surface area contributed by atoms with Crippen LogP contribution in [0.4, 0.5) is 0 Å². The van der Waals surface area contributed by atoms with Crippen molar-refractivity contribution in [1.82, 2.24) is 5.32 Å². The number of rotatable bonds is 4. The van der Waals surface area contributed by atoms with Crippen LogP contribution in [0, 0.1) is 13.8 Å². The van der Waals surface area contributed by atoms with Crippen molar-refractivity contribution < 1.29 is 14.0 Å². The maximum absolute atomic E-state index is 12.3. The summed E-state index contributed by atoms with van der Waals surface area (Å²) in [6, 6.07) is 1.73. The molecule has 0 spiro atoms. The SMILES string of the molecule is Cc1cc(C(=O)NC2(CC(N)=O)CCCCC2)oc1C. The predicted molar refractivity (Wildman–Crippen MR) is 75.3 cm³/mol. The Morgan fingerprint density at radius 2 is 1.95 bits per heavy atom. The Morgan fingerprint density at radius 3 is 2.45 bits per heavy atom. The summed E-state index contributed by atoms with van der Waals surface area (Å²) in [5.41, 5.74) is 5.78. The summed E-state index contributed by atoms with van der Waals surface area (Å²) < 4.78 is 5.44. The molecule has 5 nitrogen and oxygen atoms in total. The Morgan fingerprint density at radius 1 is 1.30 bits per heavy atom. The maximum atomic E-state index is 12.3. The molecule has 1 aliphatic rings. The second-order valence-electron chi connectivity index (χ2n) is 5.79. The molecule has 0 saturated heterocycles. The lowest BCUT2D eigenvalue weighted by Gasteiger charge is -2.37. The predicted octanol–water partition coefficient (Wildman–Crippen LogP) is 2.20. The van der Waals surface area contributed by atoms with Crippen molar-refractivity contribution in [2.45, 2.75) is 57.9 Å². The number of nitrogens with one attached hydrogen (secondary N) is 1. The molecule has 0 aliphatic heterocycles. The molecule has 0 atom stereocenters. The third-order valence-corrected chi connectivity index (χ3v) is 4.09. The molecule has 1 aromatic rings. The monoisotopic (exact) mass is 278 g/mol. The van der Waals surface area contributed by atoms with Crippen LogP contribution in [-0.2, 0) is 4.79 Å². The van der Waals surface area contributed by atoms with Crippen LogP contribution >= 0.6 is 0 Å². The highest BCUT2D eigenvalue weighted by molar-refractivity contribution is 5.92. The molecule has 20 heavy (non-hydrogen) atoms. The molecule has 0 unspecified atom stereocenters. The number of furan rings is 1. The quantitative estimate of drug-likeness (QED) is 0.885. The van der Waals surface area contributed by atoms with Crippen LogP contribution in [0.15, 0.2) is 10.5 Å². The molecule has 1 fully saturated rings. The summed E-state index contributed by atoms with van der Waals surface area (Å²) in [5, 5.41) is 2.99. The molecule has 0 aromatic carbocycles. The van der Waals surface area contributed by atoms with E-state index in [9.17, 15) is 9.59 Å². The highest BCUT2D eigenvalue weighted by Gasteiger charge is 2.36. The number of hydrogen-bond acceptors (Lipinski definition) is 3. The Hall–Kier alpha value is -1.78. The van der Waals surface area contributed by atoms with Crippen LogP contribution in [0.3, 0.4) is 0 Å². The van der Waals surface area contributed by atoms with Crippen LogP contribution in [-0.4, -0.2) is 17.4 Å². The number of carbonyl (C=O) groups excluding carboxylic acids is 2. The summed E-state index contributed by atoms with van der Waals surface area (Å²) in [6.45, 7) is 3.72. The normalized spacial score (nSPS) is 17.7. The topological polar surface area (TPSA) is 85.3 Å². The number of carbonyl (C=O) groups is 2. The molecule has 3 N–H and O–H groups in total. The van der Waals surface area contributed by atoms with Crippen molar-refractivity contribution in [3.05, 3.63) is 23.2 Å². The van der Waals surface area contributed by atoms with Gasteiger partial charge in [-0.15, -0.1) is 0 Å². The van der Waals surface area contributed by atoms with E-state index in [-0.39, 0.29) is 18.2 Å². The molecular weight excluding hydrogens is 256 g/mol. The second-order valence-corrected chi connectivity index (χ2v) is 5.79. The zero-order valence-electron chi connectivity index (χ0n) is 12.1. The van der Waals surface area contributed by atoms with Gasteiger partial charge in [-0.1, -0.05) is 19.3 Å². The fraction of sp³-hybridized carbons (Fsp3) is 0.600. The van der Waals surface area contributed by atoms with Gasteiger partial charge in [0.2, 0.25) is 5.91 Å². The summed E-state index contributed by atoms with van der Waals surface area (Å²) in [7, 11) is 0. The zero-order valence-corrected chi connectivity index (χ0v) is 12.1. The Kier molecular flexibility index (Phi) is 4.16. The number of hydrogen-bond donors (Lipinski definition) is 2. The molecular formula is C15H22N2O3. The average molecular weight is 278 g/mol. The standard InChI is InChI=1S/C15H22N2O3/c1-10-8-12(20-11(10)2)14(19)17-15(9-13(16)18)6-4-3-5-7-15/h8H,3-7,9H2,1-2H3,(H2,16,18)(H,17,19). The van der Waals surface area contributed by atoms with E-state index in [0.29, 0.717) is 5.76 Å². The highest BCUT2D eigenvalue weighted by atomic mass is 16.3. The Labute approximate surface area is 118 Å². The third kappa shape index (κ3) is 3.21. The molecule has 1 aliphatic carbocycles. The van der Waals surface area contributed by atoms with Gasteiger partial charge in [-0.25, -0.2) is 0 Å². The van der Waals surface area contributed by atoms with E-state index in [4.69, 9.17) is 10.2 Å². The Bertz CT molecular complexity index is 494. The minimum atomic E-state index is -0.504. The number of nitrogens with two attached hydrogens (primary N) is 1. The van der Waals surface area contributed by atoms with Gasteiger partial charge in [0.1, 0.15) is 5.76 Å². The first-order valence-electron chi connectivity index (χ1n) is 7.10. The minimum absolute atomic E-state index is 0.192. The molecule has 0 bridgehead atoms. The first kappa shape index (κ1) is 14.6. The summed E-state index contributed by atoms with van der Waals surface area (Å²) in [6.07, 6.45) is 4.92. The summed E-state index contributed by atoms with van der Waals surface area (Å²) >= 11 is 0. The smallest absolute Gasteiger partial charge is 0.287 e. The lowest BCUT2D eigenvalue weighted by Crippen LogP contribution is -2.51.